The second-order valence-corrected chi connectivity index (χ2v) is 9.41. The zero-order chi connectivity index (χ0) is 29.2. The molecule has 0 saturated carbocycles. The Bertz CT molecular complexity index is 1440. The summed E-state index contributed by atoms with van der Waals surface area (Å²) in [4.78, 5) is 25.8. The normalized spacial score (nSPS) is 12.8. The number of amides is 1. The molecule has 3 aromatic carbocycles. The standard InChI is InChI=1S/C30H26ClFN4O2.CH4O/c1-3-20-4-8-24(9-5-20)34-19(2)26-17-23(31)7-11-28(26)35-30(38)25-10-6-22(16-27(25)32)29(33)36-14-12-21(18-37)13-15-36;1-2/h1,4-11,16-18,21,33-34H,2,12-15H2,(H,35,38);2H,1H3. The number of nitrogens with zero attached hydrogens (tertiary/aromatic N) is 1. The van der Waals surface area contributed by atoms with Crippen LogP contribution in [0.25, 0.3) is 5.70 Å². The summed E-state index contributed by atoms with van der Waals surface area (Å²) in [6, 6.07) is 16.2. The fraction of sp³-hybridized carbons (Fsp3) is 0.194. The van der Waals surface area contributed by atoms with E-state index in [0.717, 1.165) is 24.6 Å². The van der Waals surface area contributed by atoms with Gasteiger partial charge >= 0.3 is 0 Å². The number of likely N-dealkylation sites (tertiary alicyclic amines) is 1. The van der Waals surface area contributed by atoms with E-state index >= 15 is 4.39 Å². The van der Waals surface area contributed by atoms with E-state index in [1.165, 1.54) is 12.1 Å². The number of hydrogen-bond acceptors (Lipinski definition) is 5. The molecular formula is C31H30ClFN4O3. The first-order valence-electron chi connectivity index (χ1n) is 12.5. The van der Waals surface area contributed by atoms with Crippen molar-refractivity contribution in [1.82, 2.24) is 4.90 Å². The van der Waals surface area contributed by atoms with Gasteiger partial charge in [0.05, 0.1) is 11.3 Å². The molecule has 9 heteroatoms. The molecule has 0 bridgehead atoms. The number of halogens is 2. The van der Waals surface area contributed by atoms with Crippen molar-refractivity contribution in [3.63, 3.8) is 0 Å². The van der Waals surface area contributed by atoms with Crippen molar-refractivity contribution in [2.45, 2.75) is 12.8 Å². The van der Waals surface area contributed by atoms with Gasteiger partial charge in [0, 0.05) is 59.2 Å². The van der Waals surface area contributed by atoms with Crippen LogP contribution >= 0.6 is 11.6 Å². The van der Waals surface area contributed by atoms with Crippen molar-refractivity contribution in [3.05, 3.63) is 100 Å². The van der Waals surface area contributed by atoms with Gasteiger partial charge in [0.15, 0.2) is 0 Å². The molecule has 7 nitrogen and oxygen atoms in total. The zero-order valence-corrected chi connectivity index (χ0v) is 22.8. The van der Waals surface area contributed by atoms with Crippen molar-refractivity contribution in [3.8, 4) is 12.3 Å². The lowest BCUT2D eigenvalue weighted by Crippen LogP contribution is -2.38. The summed E-state index contributed by atoms with van der Waals surface area (Å²) in [5.74, 6) is 1.33. The van der Waals surface area contributed by atoms with Gasteiger partial charge < -0.3 is 25.4 Å². The molecule has 206 valence electrons. The second-order valence-electron chi connectivity index (χ2n) is 8.97. The number of carbonyl (C=O) groups is 2. The maximum absolute atomic E-state index is 15.0. The number of benzene rings is 3. The van der Waals surface area contributed by atoms with Gasteiger partial charge in [-0.05, 0) is 67.4 Å². The zero-order valence-electron chi connectivity index (χ0n) is 22.0. The smallest absolute Gasteiger partial charge is 0.258 e. The van der Waals surface area contributed by atoms with E-state index in [2.05, 4.69) is 23.1 Å². The third-order valence-electron chi connectivity index (χ3n) is 6.44. The molecule has 1 aliphatic rings. The molecule has 0 aromatic heterocycles. The summed E-state index contributed by atoms with van der Waals surface area (Å²) < 4.78 is 15.0. The van der Waals surface area contributed by atoms with E-state index in [9.17, 15) is 9.59 Å². The number of hydrogen-bond donors (Lipinski definition) is 4. The van der Waals surface area contributed by atoms with E-state index in [-0.39, 0.29) is 17.3 Å². The van der Waals surface area contributed by atoms with E-state index in [0.29, 0.717) is 53.5 Å². The van der Waals surface area contributed by atoms with Crippen LogP contribution < -0.4 is 10.6 Å². The lowest BCUT2D eigenvalue weighted by atomic mass is 9.97. The van der Waals surface area contributed by atoms with Gasteiger partial charge in [-0.15, -0.1) is 6.42 Å². The molecule has 1 aliphatic heterocycles. The molecule has 0 atom stereocenters. The average molecular weight is 561 g/mol. The SMILES string of the molecule is C#Cc1ccc(NC(=C)c2cc(Cl)ccc2NC(=O)c2ccc(C(=N)N3CCC(C=O)CC3)cc2F)cc1.CO. The molecular weight excluding hydrogens is 531 g/mol. The quantitative estimate of drug-likeness (QED) is 0.129. The van der Waals surface area contributed by atoms with Gasteiger partial charge in [0.25, 0.3) is 5.91 Å². The highest BCUT2D eigenvalue weighted by Crippen LogP contribution is 2.29. The molecule has 0 spiro atoms. The predicted molar refractivity (Wildman–Crippen MR) is 158 cm³/mol. The summed E-state index contributed by atoms with van der Waals surface area (Å²) in [5, 5.41) is 21.8. The van der Waals surface area contributed by atoms with Crippen LogP contribution in [0.15, 0.2) is 67.2 Å². The number of rotatable bonds is 7. The fourth-order valence-corrected chi connectivity index (χ4v) is 4.42. The molecule has 4 rings (SSSR count). The Kier molecular flexibility index (Phi) is 10.6. The lowest BCUT2D eigenvalue weighted by molar-refractivity contribution is -0.112. The molecule has 0 unspecified atom stereocenters. The van der Waals surface area contributed by atoms with Crippen LogP contribution in [0.4, 0.5) is 15.8 Å². The average Bonchev–Trinajstić information content (AvgIpc) is 2.99. The maximum Gasteiger partial charge on any atom is 0.258 e. The summed E-state index contributed by atoms with van der Waals surface area (Å²) in [6.07, 6.45) is 7.68. The van der Waals surface area contributed by atoms with Gasteiger partial charge in [0.1, 0.15) is 17.9 Å². The van der Waals surface area contributed by atoms with Crippen LogP contribution in [-0.4, -0.2) is 48.2 Å². The molecule has 4 N–H and O–H groups in total. The number of piperidine rings is 1. The number of amidine groups is 1. The Morgan fingerprint density at radius 2 is 1.77 bits per heavy atom. The molecule has 0 aliphatic carbocycles. The third kappa shape index (κ3) is 7.35. The van der Waals surface area contributed by atoms with Crippen LogP contribution in [0.2, 0.25) is 5.02 Å². The Hall–Kier alpha value is -4.45. The van der Waals surface area contributed by atoms with Gasteiger partial charge in [-0.25, -0.2) is 4.39 Å². The van der Waals surface area contributed by atoms with Crippen LogP contribution in [0.5, 0.6) is 0 Å². The molecule has 3 aromatic rings. The molecule has 1 saturated heterocycles. The largest absolute Gasteiger partial charge is 0.400 e. The highest BCUT2D eigenvalue weighted by atomic mass is 35.5. The highest BCUT2D eigenvalue weighted by molar-refractivity contribution is 6.31. The molecule has 40 heavy (non-hydrogen) atoms. The summed E-state index contributed by atoms with van der Waals surface area (Å²) >= 11 is 6.20. The van der Waals surface area contributed by atoms with Gasteiger partial charge in [-0.3, -0.25) is 10.2 Å². The number of aliphatic hydroxyl groups excluding tert-OH is 1. The molecule has 1 amide bonds. The number of carbonyl (C=O) groups excluding carboxylic acids is 2. The van der Waals surface area contributed by atoms with Crippen molar-refractivity contribution in [1.29, 1.82) is 5.41 Å². The minimum absolute atomic E-state index is 0.0000852. The number of anilines is 2. The summed E-state index contributed by atoms with van der Waals surface area (Å²) in [6.45, 7) is 5.17. The van der Waals surface area contributed by atoms with Crippen LogP contribution in [-0.2, 0) is 4.79 Å². The summed E-state index contributed by atoms with van der Waals surface area (Å²) in [7, 11) is 1.00. The number of aldehydes is 1. The van der Waals surface area contributed by atoms with E-state index in [1.54, 1.807) is 36.4 Å². The van der Waals surface area contributed by atoms with Crippen molar-refractivity contribution in [2.24, 2.45) is 5.92 Å². The Balaban J connectivity index is 0.00000216. The second kappa shape index (κ2) is 14.1. The first kappa shape index (κ1) is 30.1. The number of aliphatic hydroxyl groups is 1. The molecule has 1 fully saturated rings. The first-order valence-corrected chi connectivity index (χ1v) is 12.8. The van der Waals surface area contributed by atoms with Crippen LogP contribution in [0.1, 0.15) is 39.9 Å². The van der Waals surface area contributed by atoms with Gasteiger partial charge in [0.2, 0.25) is 0 Å². The van der Waals surface area contributed by atoms with E-state index in [1.807, 2.05) is 17.0 Å². The molecule has 1 heterocycles. The van der Waals surface area contributed by atoms with Gasteiger partial charge in [-0.1, -0.05) is 30.2 Å². The van der Waals surface area contributed by atoms with Gasteiger partial charge in [-0.2, -0.15) is 0 Å². The van der Waals surface area contributed by atoms with Crippen LogP contribution in [0.3, 0.4) is 0 Å². The maximum atomic E-state index is 15.0. The van der Waals surface area contributed by atoms with E-state index < -0.39 is 11.7 Å². The van der Waals surface area contributed by atoms with Crippen LogP contribution in [0, 0.1) is 29.5 Å². The first-order chi connectivity index (χ1) is 19.3. The number of nitrogens with one attached hydrogen (secondary N) is 3. The van der Waals surface area contributed by atoms with Crippen molar-refractivity contribution >= 4 is 46.7 Å². The third-order valence-corrected chi connectivity index (χ3v) is 6.67. The minimum atomic E-state index is -0.742. The van der Waals surface area contributed by atoms with Crippen molar-refractivity contribution < 1.29 is 19.1 Å². The minimum Gasteiger partial charge on any atom is -0.400 e. The lowest BCUT2D eigenvalue weighted by Gasteiger charge is -2.31. The Labute approximate surface area is 238 Å². The highest BCUT2D eigenvalue weighted by Gasteiger charge is 2.23. The number of terminal acetylenes is 1. The topological polar surface area (TPSA) is 106 Å². The Morgan fingerprint density at radius 3 is 2.38 bits per heavy atom. The predicted octanol–water partition coefficient (Wildman–Crippen LogP) is 5.64. The Morgan fingerprint density at radius 1 is 1.10 bits per heavy atom. The van der Waals surface area contributed by atoms with E-state index in [4.69, 9.17) is 28.5 Å². The summed E-state index contributed by atoms with van der Waals surface area (Å²) in [5.41, 5.74) is 3.08. The molecule has 0 radical (unpaired) electrons. The fourth-order valence-electron chi connectivity index (χ4n) is 4.24. The van der Waals surface area contributed by atoms with Crippen molar-refractivity contribution in [2.75, 3.05) is 30.8 Å². The monoisotopic (exact) mass is 560 g/mol.